The van der Waals surface area contributed by atoms with Gasteiger partial charge in [0.05, 0.1) is 6.20 Å². The lowest BCUT2D eigenvalue weighted by Crippen LogP contribution is -2.01. The minimum atomic E-state index is -0.456. The molecule has 2 rings (SSSR count). The second-order valence-corrected chi connectivity index (χ2v) is 2.68. The predicted molar refractivity (Wildman–Crippen MR) is 46.3 cm³/mol. The van der Waals surface area contributed by atoms with E-state index in [2.05, 4.69) is 4.98 Å². The average molecular weight is 191 g/mol. The van der Waals surface area contributed by atoms with E-state index in [1.54, 1.807) is 0 Å². The zero-order valence-electron chi connectivity index (χ0n) is 7.11. The van der Waals surface area contributed by atoms with E-state index in [1.165, 1.54) is 30.7 Å². The third-order valence-corrected chi connectivity index (χ3v) is 1.71. The Hall–Kier alpha value is -1.97. The fraction of sp³-hybridized carbons (Fsp3) is 0. The molecule has 0 unspecified atom stereocenters. The van der Waals surface area contributed by atoms with E-state index in [1.807, 2.05) is 0 Å². The number of hydrogen-bond acceptors (Lipinski definition) is 3. The second kappa shape index (κ2) is 3.41. The minimum absolute atomic E-state index is 0.0319. The largest absolute Gasteiger partial charge is 0.442 e. The molecule has 0 bridgehead atoms. The molecule has 0 aliphatic carbocycles. The molecule has 1 aromatic carbocycles. The summed E-state index contributed by atoms with van der Waals surface area (Å²) in [6.45, 7) is 0. The van der Waals surface area contributed by atoms with Crippen LogP contribution in [0.3, 0.4) is 0 Å². The summed E-state index contributed by atoms with van der Waals surface area (Å²) in [7, 11) is 0. The van der Waals surface area contributed by atoms with Crippen LogP contribution in [0.5, 0.6) is 0 Å². The van der Waals surface area contributed by atoms with Gasteiger partial charge in [0.15, 0.2) is 0 Å². The smallest absolute Gasteiger partial charge is 0.268 e. The van der Waals surface area contributed by atoms with Gasteiger partial charge >= 0.3 is 0 Å². The van der Waals surface area contributed by atoms with E-state index in [9.17, 15) is 9.18 Å². The molecule has 0 saturated carbocycles. The molecule has 3 nitrogen and oxygen atoms in total. The van der Waals surface area contributed by atoms with Crippen LogP contribution >= 0.6 is 0 Å². The molecule has 4 heteroatoms. The maximum Gasteiger partial charge on any atom is 0.268 e. The van der Waals surface area contributed by atoms with Crippen molar-refractivity contribution in [3.05, 3.63) is 54.0 Å². The topological polar surface area (TPSA) is 43.1 Å². The number of halogens is 1. The monoisotopic (exact) mass is 191 g/mol. The molecule has 2 aromatic rings. The second-order valence-electron chi connectivity index (χ2n) is 2.68. The van der Waals surface area contributed by atoms with Gasteiger partial charge in [-0.05, 0) is 12.1 Å². The predicted octanol–water partition coefficient (Wildman–Crippen LogP) is 2.04. The number of benzene rings is 1. The normalized spacial score (nSPS) is 10.1. The molecule has 0 amide bonds. The molecule has 0 spiro atoms. The van der Waals surface area contributed by atoms with Gasteiger partial charge in [-0.15, -0.1) is 0 Å². The van der Waals surface area contributed by atoms with Crippen LogP contribution < -0.4 is 0 Å². The van der Waals surface area contributed by atoms with E-state index >= 15 is 0 Å². The molecule has 0 fully saturated rings. The highest BCUT2D eigenvalue weighted by Crippen LogP contribution is 2.09. The summed E-state index contributed by atoms with van der Waals surface area (Å²) < 4.78 is 17.6. The fourth-order valence-corrected chi connectivity index (χ4v) is 1.09. The molecule has 1 heterocycles. The van der Waals surface area contributed by atoms with E-state index in [0.29, 0.717) is 0 Å². The lowest BCUT2D eigenvalue weighted by Gasteiger charge is -1.95. The maximum absolute atomic E-state index is 12.8. The van der Waals surface area contributed by atoms with Gasteiger partial charge in [-0.3, -0.25) is 4.79 Å². The van der Waals surface area contributed by atoms with Crippen LogP contribution in [-0.4, -0.2) is 10.8 Å². The van der Waals surface area contributed by atoms with Gasteiger partial charge < -0.3 is 4.42 Å². The zero-order valence-corrected chi connectivity index (χ0v) is 7.11. The molecule has 14 heavy (non-hydrogen) atoms. The Morgan fingerprint density at radius 3 is 2.93 bits per heavy atom. The molecule has 0 atom stereocenters. The van der Waals surface area contributed by atoms with E-state index < -0.39 is 11.6 Å². The molecule has 0 aliphatic heterocycles. The number of oxazole rings is 1. The van der Waals surface area contributed by atoms with Crippen LogP contribution in [-0.2, 0) is 0 Å². The van der Waals surface area contributed by atoms with E-state index in [0.717, 1.165) is 6.07 Å². The Labute approximate surface area is 79.2 Å². The number of rotatable bonds is 2. The van der Waals surface area contributed by atoms with Crippen molar-refractivity contribution in [2.24, 2.45) is 0 Å². The van der Waals surface area contributed by atoms with Crippen molar-refractivity contribution in [2.45, 2.75) is 0 Å². The van der Waals surface area contributed by atoms with Crippen LogP contribution in [0.2, 0.25) is 0 Å². The summed E-state index contributed by atoms with van der Waals surface area (Å²) in [6.07, 6.45) is 2.67. The molecule has 0 radical (unpaired) electrons. The number of nitrogens with zero attached hydrogens (tertiary/aromatic N) is 1. The third-order valence-electron chi connectivity index (χ3n) is 1.71. The van der Waals surface area contributed by atoms with Crippen LogP contribution in [0, 0.1) is 5.82 Å². The SMILES string of the molecule is O=C(c1cccc(F)c1)c1ncco1. The van der Waals surface area contributed by atoms with Crippen LogP contribution in [0.25, 0.3) is 0 Å². The summed E-state index contributed by atoms with van der Waals surface area (Å²) in [5.41, 5.74) is 0.229. The van der Waals surface area contributed by atoms with Crippen molar-refractivity contribution in [3.8, 4) is 0 Å². The van der Waals surface area contributed by atoms with Gasteiger partial charge in [0, 0.05) is 5.56 Å². The number of hydrogen-bond donors (Lipinski definition) is 0. The van der Waals surface area contributed by atoms with Crippen molar-refractivity contribution in [2.75, 3.05) is 0 Å². The highest BCUT2D eigenvalue weighted by atomic mass is 19.1. The van der Waals surface area contributed by atoms with Crippen molar-refractivity contribution in [1.29, 1.82) is 0 Å². The molecule has 0 N–H and O–H groups in total. The van der Waals surface area contributed by atoms with Gasteiger partial charge in [-0.2, -0.15) is 0 Å². The Morgan fingerprint density at radius 1 is 1.43 bits per heavy atom. The summed E-state index contributed by atoms with van der Waals surface area (Å²) in [4.78, 5) is 15.2. The summed E-state index contributed by atoms with van der Waals surface area (Å²) >= 11 is 0. The Balaban J connectivity index is 2.37. The van der Waals surface area contributed by atoms with Crippen molar-refractivity contribution in [3.63, 3.8) is 0 Å². The van der Waals surface area contributed by atoms with Crippen molar-refractivity contribution in [1.82, 2.24) is 4.98 Å². The van der Waals surface area contributed by atoms with Crippen LogP contribution in [0.4, 0.5) is 4.39 Å². The minimum Gasteiger partial charge on any atom is -0.442 e. The highest BCUT2D eigenvalue weighted by Gasteiger charge is 2.13. The first-order valence-electron chi connectivity index (χ1n) is 3.97. The number of aromatic nitrogens is 1. The summed E-state index contributed by atoms with van der Waals surface area (Å²) in [5, 5.41) is 0. The molecule has 1 aromatic heterocycles. The first-order chi connectivity index (χ1) is 6.77. The Bertz CT molecular complexity index is 451. The van der Waals surface area contributed by atoms with E-state index in [4.69, 9.17) is 4.42 Å². The average Bonchev–Trinajstić information content (AvgIpc) is 2.69. The van der Waals surface area contributed by atoms with Gasteiger partial charge in [0.25, 0.3) is 5.89 Å². The standard InChI is InChI=1S/C10H6FNO2/c11-8-3-1-2-7(6-8)9(13)10-12-4-5-14-10/h1-6H. The van der Waals surface area contributed by atoms with Gasteiger partial charge in [-0.25, -0.2) is 9.37 Å². The van der Waals surface area contributed by atoms with Crippen molar-refractivity contribution < 1.29 is 13.6 Å². The van der Waals surface area contributed by atoms with Crippen molar-refractivity contribution >= 4 is 5.78 Å². The molecular weight excluding hydrogens is 185 g/mol. The number of carbonyl (C=O) groups is 1. The van der Waals surface area contributed by atoms with E-state index in [-0.39, 0.29) is 11.5 Å². The molecular formula is C10H6FNO2. The third kappa shape index (κ3) is 1.54. The van der Waals surface area contributed by atoms with Gasteiger partial charge in [-0.1, -0.05) is 12.1 Å². The molecule has 70 valence electrons. The summed E-state index contributed by atoms with van der Waals surface area (Å²) in [5.74, 6) is -0.910. The molecule has 0 aliphatic rings. The van der Waals surface area contributed by atoms with Crippen LogP contribution in [0.1, 0.15) is 16.2 Å². The molecule has 0 saturated heterocycles. The maximum atomic E-state index is 12.8. The zero-order chi connectivity index (χ0) is 9.97. The first-order valence-corrected chi connectivity index (χ1v) is 3.97. The Kier molecular flexibility index (Phi) is 2.10. The van der Waals surface area contributed by atoms with Gasteiger partial charge in [0.2, 0.25) is 5.78 Å². The quantitative estimate of drug-likeness (QED) is 0.682. The number of carbonyl (C=O) groups excluding carboxylic acids is 1. The lowest BCUT2D eigenvalue weighted by atomic mass is 10.1. The summed E-state index contributed by atoms with van der Waals surface area (Å²) in [6, 6.07) is 5.39. The Morgan fingerprint density at radius 2 is 2.29 bits per heavy atom. The number of ketones is 1. The fourth-order valence-electron chi connectivity index (χ4n) is 1.09. The van der Waals surface area contributed by atoms with Crippen LogP contribution in [0.15, 0.2) is 41.1 Å². The lowest BCUT2D eigenvalue weighted by molar-refractivity contribution is 0.100. The van der Waals surface area contributed by atoms with Gasteiger partial charge in [0.1, 0.15) is 12.1 Å². The first kappa shape index (κ1) is 8.62. The highest BCUT2D eigenvalue weighted by molar-refractivity contribution is 6.05.